The highest BCUT2D eigenvalue weighted by atomic mass is 32.1. The van der Waals surface area contributed by atoms with Crippen LogP contribution in [0.2, 0.25) is 0 Å². The SMILES string of the molecule is CCCc1sc(C(=O)O[C@@H](C)C(=O)Nc2ccc(C(N)=O)cc2)cc1CC. The topological polar surface area (TPSA) is 98.5 Å². The summed E-state index contributed by atoms with van der Waals surface area (Å²) >= 11 is 1.43. The number of nitrogens with one attached hydrogen (secondary N) is 1. The number of hydrogen-bond acceptors (Lipinski definition) is 5. The predicted molar refractivity (Wildman–Crippen MR) is 106 cm³/mol. The van der Waals surface area contributed by atoms with Gasteiger partial charge >= 0.3 is 5.97 Å². The summed E-state index contributed by atoms with van der Waals surface area (Å²) in [4.78, 5) is 37.4. The van der Waals surface area contributed by atoms with Crippen LogP contribution in [0.1, 0.15) is 57.7 Å². The van der Waals surface area contributed by atoms with Crippen molar-refractivity contribution in [3.8, 4) is 0 Å². The summed E-state index contributed by atoms with van der Waals surface area (Å²) in [5, 5.41) is 2.65. The van der Waals surface area contributed by atoms with E-state index in [1.807, 2.05) is 6.07 Å². The zero-order valence-corrected chi connectivity index (χ0v) is 16.5. The number of amides is 2. The monoisotopic (exact) mass is 388 g/mol. The maximum Gasteiger partial charge on any atom is 0.349 e. The van der Waals surface area contributed by atoms with Gasteiger partial charge in [-0.15, -0.1) is 11.3 Å². The molecule has 6 nitrogen and oxygen atoms in total. The molecule has 1 atom stereocenters. The molecule has 1 aromatic carbocycles. The van der Waals surface area contributed by atoms with Crippen molar-refractivity contribution >= 4 is 34.8 Å². The Morgan fingerprint density at radius 3 is 2.41 bits per heavy atom. The fourth-order valence-corrected chi connectivity index (χ4v) is 3.78. The third kappa shape index (κ3) is 5.40. The van der Waals surface area contributed by atoms with E-state index in [4.69, 9.17) is 10.5 Å². The Hall–Kier alpha value is -2.67. The van der Waals surface area contributed by atoms with Gasteiger partial charge in [0.1, 0.15) is 4.88 Å². The fourth-order valence-electron chi connectivity index (χ4n) is 2.54. The second-order valence-electron chi connectivity index (χ2n) is 6.14. The number of ether oxygens (including phenoxy) is 1. The summed E-state index contributed by atoms with van der Waals surface area (Å²) in [5.41, 5.74) is 7.17. The van der Waals surface area contributed by atoms with Gasteiger partial charge in [-0.2, -0.15) is 0 Å². The Bertz CT molecular complexity index is 827. The molecule has 0 unspecified atom stereocenters. The summed E-state index contributed by atoms with van der Waals surface area (Å²) < 4.78 is 5.31. The predicted octanol–water partition coefficient (Wildman–Crippen LogP) is 3.55. The Kier molecular flexibility index (Phi) is 7.12. The molecule has 0 aliphatic heterocycles. The molecule has 0 spiro atoms. The second kappa shape index (κ2) is 9.32. The quantitative estimate of drug-likeness (QED) is 0.676. The van der Waals surface area contributed by atoms with Gasteiger partial charge in [-0.1, -0.05) is 20.3 Å². The zero-order chi connectivity index (χ0) is 20.0. The van der Waals surface area contributed by atoms with Gasteiger partial charge in [0.2, 0.25) is 5.91 Å². The lowest BCUT2D eigenvalue weighted by Crippen LogP contribution is -2.29. The molecule has 1 aromatic heterocycles. The molecule has 2 amide bonds. The van der Waals surface area contributed by atoms with Crippen molar-refractivity contribution in [3.63, 3.8) is 0 Å². The first kappa shape index (κ1) is 20.6. The van der Waals surface area contributed by atoms with Crippen LogP contribution in [-0.2, 0) is 22.4 Å². The molecular formula is C20H24N2O4S. The number of anilines is 1. The molecule has 0 fully saturated rings. The van der Waals surface area contributed by atoms with Crippen LogP contribution < -0.4 is 11.1 Å². The molecule has 0 aliphatic rings. The smallest absolute Gasteiger partial charge is 0.349 e. The molecule has 0 bridgehead atoms. The van der Waals surface area contributed by atoms with E-state index in [9.17, 15) is 14.4 Å². The molecular weight excluding hydrogens is 364 g/mol. The molecule has 7 heteroatoms. The Morgan fingerprint density at radius 2 is 1.85 bits per heavy atom. The van der Waals surface area contributed by atoms with Gasteiger partial charge in [0.25, 0.3) is 5.91 Å². The van der Waals surface area contributed by atoms with Gasteiger partial charge in [0, 0.05) is 16.1 Å². The third-order valence-corrected chi connectivity index (χ3v) is 5.26. The molecule has 0 saturated heterocycles. The van der Waals surface area contributed by atoms with Crippen molar-refractivity contribution in [1.82, 2.24) is 0 Å². The number of aryl methyl sites for hydroxylation is 2. The lowest BCUT2D eigenvalue weighted by molar-refractivity contribution is -0.123. The van der Waals surface area contributed by atoms with Crippen LogP contribution in [0.15, 0.2) is 30.3 Å². The molecule has 1 heterocycles. The lowest BCUT2D eigenvalue weighted by Gasteiger charge is -2.13. The van der Waals surface area contributed by atoms with E-state index in [0.29, 0.717) is 16.1 Å². The maximum absolute atomic E-state index is 12.4. The normalized spacial score (nSPS) is 11.7. The molecule has 0 saturated carbocycles. The van der Waals surface area contributed by atoms with Crippen LogP contribution >= 0.6 is 11.3 Å². The molecule has 3 N–H and O–H groups in total. The fraction of sp³-hybridized carbons (Fsp3) is 0.350. The highest BCUT2D eigenvalue weighted by Crippen LogP contribution is 2.25. The number of carbonyl (C=O) groups excluding carboxylic acids is 3. The van der Waals surface area contributed by atoms with Gasteiger partial charge < -0.3 is 15.8 Å². The van der Waals surface area contributed by atoms with Gasteiger partial charge in [0.15, 0.2) is 6.10 Å². The largest absolute Gasteiger partial charge is 0.448 e. The van der Waals surface area contributed by atoms with Gasteiger partial charge in [-0.05, 0) is 55.7 Å². The van der Waals surface area contributed by atoms with Crippen molar-refractivity contribution in [2.24, 2.45) is 5.73 Å². The van der Waals surface area contributed by atoms with E-state index in [2.05, 4.69) is 19.2 Å². The molecule has 2 aromatic rings. The number of carbonyl (C=O) groups is 3. The van der Waals surface area contributed by atoms with Crippen LogP contribution in [0.4, 0.5) is 5.69 Å². The van der Waals surface area contributed by atoms with E-state index in [1.165, 1.54) is 35.3 Å². The number of rotatable bonds is 8. The van der Waals surface area contributed by atoms with Crippen LogP contribution in [0.3, 0.4) is 0 Å². The maximum atomic E-state index is 12.4. The minimum Gasteiger partial charge on any atom is -0.448 e. The van der Waals surface area contributed by atoms with Crippen LogP contribution in [-0.4, -0.2) is 23.9 Å². The number of hydrogen-bond donors (Lipinski definition) is 2. The molecule has 2 rings (SSSR count). The van der Waals surface area contributed by atoms with E-state index < -0.39 is 23.9 Å². The molecule has 144 valence electrons. The molecule has 0 aliphatic carbocycles. The minimum absolute atomic E-state index is 0.347. The number of nitrogens with two attached hydrogens (primary N) is 1. The summed E-state index contributed by atoms with van der Waals surface area (Å²) in [6.07, 6.45) is 1.85. The van der Waals surface area contributed by atoms with Crippen molar-refractivity contribution < 1.29 is 19.1 Å². The van der Waals surface area contributed by atoms with E-state index in [1.54, 1.807) is 12.1 Å². The van der Waals surface area contributed by atoms with Crippen LogP contribution in [0.25, 0.3) is 0 Å². The third-order valence-electron chi connectivity index (χ3n) is 4.05. The number of thiophene rings is 1. The Labute approximate surface area is 162 Å². The standard InChI is InChI=1S/C20H24N2O4S/c1-4-6-16-13(5-2)11-17(27-16)20(25)26-12(3)19(24)22-15-9-7-14(8-10-15)18(21)23/h7-12H,4-6H2,1-3H3,(H2,21,23)(H,22,24)/t12-/m0/s1. The molecule has 0 radical (unpaired) electrons. The Morgan fingerprint density at radius 1 is 1.19 bits per heavy atom. The second-order valence-corrected chi connectivity index (χ2v) is 7.28. The van der Waals surface area contributed by atoms with Gasteiger partial charge in [-0.3, -0.25) is 9.59 Å². The van der Waals surface area contributed by atoms with Crippen LogP contribution in [0, 0.1) is 0 Å². The first-order valence-corrected chi connectivity index (χ1v) is 9.70. The average Bonchev–Trinajstić information content (AvgIpc) is 3.05. The first-order valence-electron chi connectivity index (χ1n) is 8.89. The van der Waals surface area contributed by atoms with Crippen LogP contribution in [0.5, 0.6) is 0 Å². The number of esters is 1. The van der Waals surface area contributed by atoms with Crippen molar-refractivity contribution in [2.75, 3.05) is 5.32 Å². The van der Waals surface area contributed by atoms with Gasteiger partial charge in [-0.25, -0.2) is 4.79 Å². The first-order chi connectivity index (χ1) is 12.8. The van der Waals surface area contributed by atoms with Gasteiger partial charge in [0.05, 0.1) is 0 Å². The molecule has 27 heavy (non-hydrogen) atoms. The highest BCUT2D eigenvalue weighted by Gasteiger charge is 2.21. The lowest BCUT2D eigenvalue weighted by atomic mass is 10.1. The average molecular weight is 388 g/mol. The van der Waals surface area contributed by atoms with E-state index in [0.717, 1.165) is 24.8 Å². The summed E-state index contributed by atoms with van der Waals surface area (Å²) in [6.45, 7) is 5.67. The summed E-state index contributed by atoms with van der Waals surface area (Å²) in [6, 6.07) is 8.02. The summed E-state index contributed by atoms with van der Waals surface area (Å²) in [7, 11) is 0. The van der Waals surface area contributed by atoms with Crippen molar-refractivity contribution in [3.05, 3.63) is 51.2 Å². The number of benzene rings is 1. The minimum atomic E-state index is -0.949. The Balaban J connectivity index is 1.99. The number of primary amides is 1. The van der Waals surface area contributed by atoms with Crippen molar-refractivity contribution in [1.29, 1.82) is 0 Å². The van der Waals surface area contributed by atoms with Crippen molar-refractivity contribution in [2.45, 2.75) is 46.1 Å². The highest BCUT2D eigenvalue weighted by molar-refractivity contribution is 7.14. The summed E-state index contributed by atoms with van der Waals surface area (Å²) in [5.74, 6) is -1.49. The van der Waals surface area contributed by atoms with E-state index in [-0.39, 0.29) is 0 Å². The zero-order valence-electron chi connectivity index (χ0n) is 15.7. The van der Waals surface area contributed by atoms with E-state index >= 15 is 0 Å².